The van der Waals surface area contributed by atoms with Crippen LogP contribution in [0.2, 0.25) is 0 Å². The number of methoxy groups -OCH3 is 1. The van der Waals surface area contributed by atoms with E-state index in [9.17, 15) is 9.18 Å². The first-order chi connectivity index (χ1) is 11.5. The molecule has 0 unspecified atom stereocenters. The van der Waals surface area contributed by atoms with Crippen LogP contribution in [-0.2, 0) is 0 Å². The fraction of sp³-hybridized carbons (Fsp3) is 0.0588. The average Bonchev–Trinajstić information content (AvgIpc) is 2.57. The van der Waals surface area contributed by atoms with E-state index in [0.717, 1.165) is 0 Å². The van der Waals surface area contributed by atoms with Gasteiger partial charge in [0.2, 0.25) is 0 Å². The first kappa shape index (κ1) is 15.5. The number of nitrogens with two attached hydrogens (primary N) is 2. The molecule has 0 aliphatic carbocycles. The number of hydrogen-bond donors (Lipinski definition) is 2. The van der Waals surface area contributed by atoms with Crippen LogP contribution in [0.15, 0.2) is 42.6 Å². The molecule has 1 heterocycles. The molecule has 122 valence electrons. The Morgan fingerprint density at radius 3 is 2.62 bits per heavy atom. The minimum absolute atomic E-state index is 0.0303. The Morgan fingerprint density at radius 1 is 1.17 bits per heavy atom. The Balaban J connectivity index is 2.12. The Morgan fingerprint density at radius 2 is 1.96 bits per heavy atom. The van der Waals surface area contributed by atoms with Crippen molar-refractivity contribution in [2.24, 2.45) is 5.73 Å². The summed E-state index contributed by atoms with van der Waals surface area (Å²) in [6.45, 7) is 0. The number of fused-ring (bicyclic) bond motifs is 1. The molecular weight excluding hydrogens is 313 g/mol. The van der Waals surface area contributed by atoms with Crippen molar-refractivity contribution < 1.29 is 18.7 Å². The van der Waals surface area contributed by atoms with E-state index in [0.29, 0.717) is 22.4 Å². The average molecular weight is 327 g/mol. The molecule has 1 amide bonds. The maximum Gasteiger partial charge on any atom is 0.252 e. The predicted octanol–water partition coefficient (Wildman–Crippen LogP) is 2.86. The highest BCUT2D eigenvalue weighted by molar-refractivity contribution is 6.01. The number of rotatable bonds is 4. The number of carbonyl (C=O) groups is 1. The third-order valence-electron chi connectivity index (χ3n) is 3.49. The molecule has 0 aliphatic rings. The van der Waals surface area contributed by atoms with Gasteiger partial charge in [-0.25, -0.2) is 4.39 Å². The molecule has 6 nitrogen and oxygen atoms in total. The summed E-state index contributed by atoms with van der Waals surface area (Å²) >= 11 is 0. The summed E-state index contributed by atoms with van der Waals surface area (Å²) in [6.07, 6.45) is 1.54. The molecule has 0 bridgehead atoms. The molecule has 3 rings (SSSR count). The molecule has 0 aliphatic heterocycles. The number of amides is 1. The van der Waals surface area contributed by atoms with Crippen LogP contribution in [-0.4, -0.2) is 18.0 Å². The van der Waals surface area contributed by atoms with E-state index in [4.69, 9.17) is 20.9 Å². The summed E-state index contributed by atoms with van der Waals surface area (Å²) < 4.78 is 24.4. The number of nitrogens with zero attached hydrogens (tertiary/aromatic N) is 1. The molecule has 0 fully saturated rings. The van der Waals surface area contributed by atoms with Gasteiger partial charge >= 0.3 is 0 Å². The maximum absolute atomic E-state index is 13.6. The Hall–Kier alpha value is -3.35. The summed E-state index contributed by atoms with van der Waals surface area (Å²) in [4.78, 5) is 15.8. The second-order valence-electron chi connectivity index (χ2n) is 5.03. The smallest absolute Gasteiger partial charge is 0.252 e. The summed E-state index contributed by atoms with van der Waals surface area (Å²) in [5.41, 5.74) is 11.6. The van der Waals surface area contributed by atoms with Gasteiger partial charge in [0.25, 0.3) is 5.91 Å². The van der Waals surface area contributed by atoms with Gasteiger partial charge in [-0.1, -0.05) is 0 Å². The van der Waals surface area contributed by atoms with E-state index in [1.54, 1.807) is 18.2 Å². The number of pyridine rings is 1. The van der Waals surface area contributed by atoms with Gasteiger partial charge in [0.05, 0.1) is 23.9 Å². The Bertz CT molecular complexity index is 944. The molecule has 7 heteroatoms. The van der Waals surface area contributed by atoms with E-state index >= 15 is 0 Å². The van der Waals surface area contributed by atoms with Crippen molar-refractivity contribution in [1.82, 2.24) is 4.98 Å². The molecule has 2 aromatic carbocycles. The highest BCUT2D eigenvalue weighted by atomic mass is 19.1. The van der Waals surface area contributed by atoms with E-state index < -0.39 is 11.7 Å². The lowest BCUT2D eigenvalue weighted by Gasteiger charge is -2.12. The third kappa shape index (κ3) is 2.79. The summed E-state index contributed by atoms with van der Waals surface area (Å²) in [5.74, 6) is -0.231. The monoisotopic (exact) mass is 327 g/mol. The SMILES string of the molecule is COc1cc2nccc(Oc3ccc(N)c(F)c3)c2cc1C(N)=O. The van der Waals surface area contributed by atoms with Gasteiger partial charge in [0, 0.05) is 23.7 Å². The van der Waals surface area contributed by atoms with Crippen molar-refractivity contribution in [3.05, 3.63) is 54.0 Å². The molecule has 0 saturated heterocycles. The number of ether oxygens (including phenoxy) is 2. The molecule has 3 aromatic rings. The first-order valence-electron chi connectivity index (χ1n) is 6.99. The molecule has 0 saturated carbocycles. The predicted molar refractivity (Wildman–Crippen MR) is 87.7 cm³/mol. The lowest BCUT2D eigenvalue weighted by molar-refractivity contribution is 0.0997. The molecule has 4 N–H and O–H groups in total. The van der Waals surface area contributed by atoms with Crippen LogP contribution in [0.1, 0.15) is 10.4 Å². The molecule has 0 spiro atoms. The number of carbonyl (C=O) groups excluding carboxylic acids is 1. The number of primary amides is 1. The van der Waals surface area contributed by atoms with Crippen LogP contribution in [0, 0.1) is 5.82 Å². The van der Waals surface area contributed by atoms with Crippen molar-refractivity contribution in [3.8, 4) is 17.2 Å². The van der Waals surface area contributed by atoms with Crippen molar-refractivity contribution in [2.75, 3.05) is 12.8 Å². The van der Waals surface area contributed by atoms with E-state index in [-0.39, 0.29) is 17.0 Å². The van der Waals surface area contributed by atoms with Crippen molar-refractivity contribution in [2.45, 2.75) is 0 Å². The number of halogens is 1. The standard InChI is InChI=1S/C17H14FN3O3/c1-23-16-8-14-10(7-11(16)17(20)22)15(4-5-21-14)24-9-2-3-13(19)12(18)6-9/h2-8H,19H2,1H3,(H2,20,22). The Kier molecular flexibility index (Phi) is 3.91. The van der Waals surface area contributed by atoms with Crippen molar-refractivity contribution >= 4 is 22.5 Å². The fourth-order valence-electron chi connectivity index (χ4n) is 2.30. The molecule has 24 heavy (non-hydrogen) atoms. The zero-order valence-corrected chi connectivity index (χ0v) is 12.7. The van der Waals surface area contributed by atoms with Gasteiger partial charge in [0.1, 0.15) is 23.1 Å². The minimum Gasteiger partial charge on any atom is -0.496 e. The van der Waals surface area contributed by atoms with Gasteiger partial charge in [-0.15, -0.1) is 0 Å². The van der Waals surface area contributed by atoms with Gasteiger partial charge in [-0.2, -0.15) is 0 Å². The summed E-state index contributed by atoms with van der Waals surface area (Å²) in [5, 5.41) is 0.546. The molecule has 1 aromatic heterocycles. The zero-order valence-electron chi connectivity index (χ0n) is 12.7. The number of anilines is 1. The van der Waals surface area contributed by atoms with Crippen LogP contribution in [0.5, 0.6) is 17.2 Å². The Labute approximate surface area is 136 Å². The number of benzene rings is 2. The van der Waals surface area contributed by atoms with Crippen LogP contribution in [0.3, 0.4) is 0 Å². The van der Waals surface area contributed by atoms with E-state index in [1.165, 1.54) is 31.5 Å². The second-order valence-corrected chi connectivity index (χ2v) is 5.03. The second kappa shape index (κ2) is 6.04. The lowest BCUT2D eigenvalue weighted by Crippen LogP contribution is -2.12. The largest absolute Gasteiger partial charge is 0.496 e. The third-order valence-corrected chi connectivity index (χ3v) is 3.49. The van der Waals surface area contributed by atoms with Crippen LogP contribution < -0.4 is 20.9 Å². The van der Waals surface area contributed by atoms with Crippen LogP contribution in [0.25, 0.3) is 10.9 Å². The number of nitrogen functional groups attached to an aromatic ring is 1. The number of hydrogen-bond acceptors (Lipinski definition) is 5. The highest BCUT2D eigenvalue weighted by Crippen LogP contribution is 2.33. The van der Waals surface area contributed by atoms with Crippen LogP contribution >= 0.6 is 0 Å². The van der Waals surface area contributed by atoms with E-state index in [2.05, 4.69) is 4.98 Å². The summed E-state index contributed by atoms with van der Waals surface area (Å²) in [7, 11) is 1.44. The van der Waals surface area contributed by atoms with Crippen LogP contribution in [0.4, 0.5) is 10.1 Å². The number of aromatic nitrogens is 1. The normalized spacial score (nSPS) is 10.6. The topological polar surface area (TPSA) is 100 Å². The zero-order chi connectivity index (χ0) is 17.3. The molecule has 0 atom stereocenters. The lowest BCUT2D eigenvalue weighted by atomic mass is 10.1. The maximum atomic E-state index is 13.6. The van der Waals surface area contributed by atoms with Gasteiger partial charge < -0.3 is 20.9 Å². The quantitative estimate of drug-likeness (QED) is 0.718. The first-order valence-corrected chi connectivity index (χ1v) is 6.99. The molecule has 0 radical (unpaired) electrons. The van der Waals surface area contributed by atoms with Gasteiger partial charge in [0.15, 0.2) is 0 Å². The van der Waals surface area contributed by atoms with E-state index in [1.807, 2.05) is 0 Å². The highest BCUT2D eigenvalue weighted by Gasteiger charge is 2.14. The molecular formula is C17H14FN3O3. The summed E-state index contributed by atoms with van der Waals surface area (Å²) in [6, 6.07) is 8.86. The van der Waals surface area contributed by atoms with Gasteiger partial charge in [-0.3, -0.25) is 9.78 Å². The minimum atomic E-state index is -0.637. The van der Waals surface area contributed by atoms with Gasteiger partial charge in [-0.05, 0) is 24.3 Å². The van der Waals surface area contributed by atoms with Crippen molar-refractivity contribution in [1.29, 1.82) is 0 Å². The van der Waals surface area contributed by atoms with Crippen molar-refractivity contribution in [3.63, 3.8) is 0 Å². The fourth-order valence-corrected chi connectivity index (χ4v) is 2.30.